The molecule has 0 bridgehead atoms. The average molecular weight is 961 g/mol. The van der Waals surface area contributed by atoms with Crippen molar-refractivity contribution >= 4 is 12.0 Å². The second-order valence-corrected chi connectivity index (χ2v) is 23.6. The molecule has 2 amide bonds. The Hall–Kier alpha value is -4.08. The lowest BCUT2D eigenvalue weighted by Gasteiger charge is -2.58. The number of nitrogens with zero attached hydrogens (tertiary/aromatic N) is 1. The van der Waals surface area contributed by atoms with Crippen molar-refractivity contribution in [1.82, 2.24) is 10.2 Å². The molecule has 0 aromatic heterocycles. The van der Waals surface area contributed by atoms with E-state index in [1.807, 2.05) is 24.3 Å². The number of rotatable bonds is 20. The first-order chi connectivity index (χ1) is 33.7. The van der Waals surface area contributed by atoms with Gasteiger partial charge in [0.05, 0.1) is 26.9 Å². The fourth-order valence-electron chi connectivity index (χ4n) is 15.0. The fourth-order valence-corrected chi connectivity index (χ4v) is 15.0. The third-order valence-corrected chi connectivity index (χ3v) is 19.1. The van der Waals surface area contributed by atoms with Gasteiger partial charge in [0.15, 0.2) is 0 Å². The Morgan fingerprint density at radius 2 is 1.53 bits per heavy atom. The first-order valence-electron chi connectivity index (χ1n) is 27.6. The highest BCUT2D eigenvalue weighted by atomic mass is 16.6. The van der Waals surface area contributed by atoms with Crippen molar-refractivity contribution in [3.05, 3.63) is 95.6 Å². The van der Waals surface area contributed by atoms with Crippen molar-refractivity contribution in [1.29, 1.82) is 0 Å². The number of allylic oxidation sites excluding steroid dienone is 4. The summed E-state index contributed by atoms with van der Waals surface area (Å²) < 4.78 is 24.3. The summed E-state index contributed by atoms with van der Waals surface area (Å²) in [6.07, 6.45) is 26.6. The van der Waals surface area contributed by atoms with Gasteiger partial charge in [0.25, 0.3) is 0 Å². The fraction of sp³-hybridized carbons (Fsp3) is 0.672. The molecule has 1 aliphatic heterocycles. The van der Waals surface area contributed by atoms with Gasteiger partial charge in [0.2, 0.25) is 5.91 Å². The molecule has 3 saturated carbocycles. The highest BCUT2D eigenvalue weighted by Crippen LogP contribution is 2.67. The quantitative estimate of drug-likeness (QED) is 0.101. The lowest BCUT2D eigenvalue weighted by molar-refractivity contribution is -0.130. The van der Waals surface area contributed by atoms with E-state index in [1.165, 1.54) is 51.4 Å². The molecule has 6 aliphatic rings. The van der Waals surface area contributed by atoms with E-state index in [1.54, 1.807) is 24.7 Å². The molecule has 8 rings (SSSR count). The number of hydrogen-bond acceptors (Lipinski definition) is 7. The first kappa shape index (κ1) is 52.2. The van der Waals surface area contributed by atoms with Crippen LogP contribution in [0.3, 0.4) is 0 Å². The van der Waals surface area contributed by atoms with Crippen LogP contribution in [0.2, 0.25) is 0 Å². The van der Waals surface area contributed by atoms with Crippen LogP contribution >= 0.6 is 0 Å². The van der Waals surface area contributed by atoms with Crippen LogP contribution in [0.1, 0.15) is 149 Å². The van der Waals surface area contributed by atoms with Crippen molar-refractivity contribution in [2.24, 2.45) is 64.1 Å². The van der Waals surface area contributed by atoms with E-state index in [4.69, 9.17) is 18.9 Å². The summed E-state index contributed by atoms with van der Waals surface area (Å²) >= 11 is 0. The number of alkyl carbamates (subject to hydrolysis) is 1. The molecule has 5 aliphatic carbocycles. The number of hydrogen-bond donors (Lipinski definition) is 2. The van der Waals surface area contributed by atoms with Gasteiger partial charge < -0.3 is 34.3 Å². The highest BCUT2D eigenvalue weighted by molar-refractivity contribution is 5.76. The van der Waals surface area contributed by atoms with Gasteiger partial charge in [-0.15, -0.1) is 0 Å². The molecule has 9 heteroatoms. The number of amides is 2. The first-order valence-corrected chi connectivity index (χ1v) is 27.6. The van der Waals surface area contributed by atoms with Gasteiger partial charge in [0.1, 0.15) is 23.2 Å². The third-order valence-electron chi connectivity index (χ3n) is 19.1. The van der Waals surface area contributed by atoms with Crippen LogP contribution in [0.15, 0.2) is 84.5 Å². The standard InChI is InChI=1S/C61H88N2O7/c1-41(2)15-14-17-42(3)52-30-31-54-51-29-24-47-37-50(32-34-59(47,5)55(51)33-35-60(52,54)6)70-58(66)62-36-13-9-10-19-57(65)63-38-44(56(64)39-63)40-69-61(53-18-12-11-16-43(53)4,45-20-25-48(67-7)26-21-45)46-22-27-49(68-8)28-23-46/h11-12,16,18,20-28,41-44,50-56,64H,9-10,13-15,17,19,29-40H2,1-8H3,(H,62,66)/t42?,43?,44?,50-,51?,52+,53?,54?,55?,56?,59-,60+/m0/s1. The normalized spacial score (nSPS) is 31.9. The highest BCUT2D eigenvalue weighted by Gasteiger charge is 2.59. The van der Waals surface area contributed by atoms with Crippen molar-refractivity contribution < 1.29 is 33.6 Å². The number of unbranched alkanes of at least 4 members (excludes halogenated alkanes) is 2. The number of nitrogens with one attached hydrogen (secondary N) is 1. The molecule has 1 saturated heterocycles. The van der Waals surface area contributed by atoms with Gasteiger partial charge in [0, 0.05) is 44.3 Å². The van der Waals surface area contributed by atoms with Gasteiger partial charge in [-0.2, -0.15) is 0 Å². The molecule has 2 aromatic rings. The summed E-state index contributed by atoms with van der Waals surface area (Å²) in [5, 5.41) is 14.4. The van der Waals surface area contributed by atoms with Gasteiger partial charge in [-0.1, -0.05) is 127 Å². The van der Waals surface area contributed by atoms with E-state index in [9.17, 15) is 14.7 Å². The molecule has 8 unspecified atom stereocenters. The van der Waals surface area contributed by atoms with E-state index in [-0.39, 0.29) is 54.4 Å². The Bertz CT molecular complexity index is 2100. The topological polar surface area (TPSA) is 107 Å². The smallest absolute Gasteiger partial charge is 0.407 e. The zero-order valence-electron chi connectivity index (χ0n) is 44.1. The number of fused-ring (bicyclic) bond motifs is 5. The number of ether oxygens (including phenoxy) is 4. The van der Waals surface area contributed by atoms with E-state index < -0.39 is 11.7 Å². The van der Waals surface area contributed by atoms with Crippen molar-refractivity contribution in [2.45, 2.75) is 156 Å². The van der Waals surface area contributed by atoms with Crippen molar-refractivity contribution in [3.63, 3.8) is 0 Å². The second kappa shape index (κ2) is 22.8. The largest absolute Gasteiger partial charge is 0.497 e. The lowest BCUT2D eigenvalue weighted by atomic mass is 9.47. The van der Waals surface area contributed by atoms with E-state index >= 15 is 0 Å². The maximum absolute atomic E-state index is 13.5. The zero-order valence-corrected chi connectivity index (χ0v) is 44.1. The van der Waals surface area contributed by atoms with Crippen molar-refractivity contribution in [3.8, 4) is 11.5 Å². The molecule has 384 valence electrons. The second-order valence-electron chi connectivity index (χ2n) is 23.6. The number of β-amino-alcohol motifs (C(OH)–C–C–N with tert-alkyl or cyclic N) is 1. The Morgan fingerprint density at radius 1 is 0.829 bits per heavy atom. The molecular formula is C61H88N2O7. The molecule has 1 heterocycles. The maximum atomic E-state index is 13.5. The van der Waals surface area contributed by atoms with Crippen LogP contribution < -0.4 is 14.8 Å². The number of benzene rings is 2. The Kier molecular flexibility index (Phi) is 17.0. The van der Waals surface area contributed by atoms with Crippen LogP contribution in [-0.2, 0) is 19.9 Å². The SMILES string of the molecule is COc1ccc(C(OCC2CN(C(=O)CCCCCNC(=O)O[C@H]3CC[C@@]4(C)C(=CCC5C4CC[C@@]4(C)C5CC[C@@H]4C(C)CCCC(C)C)C3)CC2O)(c2ccc(OC)cc2)C2C=CC=CC2C)cc1. The lowest BCUT2D eigenvalue weighted by Crippen LogP contribution is -2.51. The molecule has 0 spiro atoms. The summed E-state index contributed by atoms with van der Waals surface area (Å²) in [7, 11) is 3.33. The maximum Gasteiger partial charge on any atom is 0.407 e. The van der Waals surface area contributed by atoms with Crippen LogP contribution in [0.25, 0.3) is 0 Å². The van der Waals surface area contributed by atoms with E-state index in [0.29, 0.717) is 24.9 Å². The van der Waals surface area contributed by atoms with Crippen molar-refractivity contribution in [2.75, 3.05) is 40.5 Å². The molecular weight excluding hydrogens is 873 g/mol. The number of methoxy groups -OCH3 is 2. The summed E-state index contributed by atoms with van der Waals surface area (Å²) in [5.41, 5.74) is 3.34. The van der Waals surface area contributed by atoms with Crippen LogP contribution in [-0.4, -0.2) is 74.7 Å². The minimum atomic E-state index is -0.894. The molecule has 12 atom stereocenters. The van der Waals surface area contributed by atoms with Gasteiger partial charge in [-0.05, 0) is 145 Å². The van der Waals surface area contributed by atoms with Crippen LogP contribution in [0, 0.1) is 64.1 Å². The van der Waals surface area contributed by atoms with Gasteiger partial charge in [-0.3, -0.25) is 4.79 Å². The molecule has 2 aromatic carbocycles. The summed E-state index contributed by atoms with van der Waals surface area (Å²) in [5.74, 6) is 6.32. The number of carbonyl (C=O) groups excluding carboxylic acids is 2. The molecule has 4 fully saturated rings. The minimum Gasteiger partial charge on any atom is -0.497 e. The minimum absolute atomic E-state index is 0.0453. The van der Waals surface area contributed by atoms with Crippen LogP contribution in [0.4, 0.5) is 4.79 Å². The van der Waals surface area contributed by atoms with Gasteiger partial charge in [-0.25, -0.2) is 4.79 Å². The predicted octanol–water partition coefficient (Wildman–Crippen LogP) is 12.9. The Labute approximate surface area is 421 Å². The summed E-state index contributed by atoms with van der Waals surface area (Å²) in [4.78, 5) is 28.4. The van der Waals surface area contributed by atoms with E-state index in [2.05, 4.69) is 102 Å². The summed E-state index contributed by atoms with van der Waals surface area (Å²) in [6.45, 7) is 16.2. The van der Waals surface area contributed by atoms with E-state index in [0.717, 1.165) is 96.7 Å². The number of likely N-dealkylation sites (tertiary alicyclic amines) is 1. The summed E-state index contributed by atoms with van der Waals surface area (Å²) in [6, 6.07) is 16.1. The van der Waals surface area contributed by atoms with Gasteiger partial charge >= 0.3 is 6.09 Å². The molecule has 0 radical (unpaired) electrons. The molecule has 2 N–H and O–H groups in total. The average Bonchev–Trinajstić information content (AvgIpc) is 3.92. The van der Waals surface area contributed by atoms with Crippen LogP contribution in [0.5, 0.6) is 11.5 Å². The molecule has 70 heavy (non-hydrogen) atoms. The molecule has 9 nitrogen and oxygen atoms in total. The monoisotopic (exact) mass is 961 g/mol. The number of aliphatic hydroxyl groups is 1. The predicted molar refractivity (Wildman–Crippen MR) is 280 cm³/mol. The Morgan fingerprint density at radius 3 is 2.20 bits per heavy atom. The zero-order chi connectivity index (χ0) is 49.6. The number of carbonyl (C=O) groups is 2. The third kappa shape index (κ3) is 11.0. The Balaban J connectivity index is 0.778. The number of aliphatic hydroxyl groups excluding tert-OH is 1.